The Kier molecular flexibility index (Phi) is 8.39. The van der Waals surface area contributed by atoms with Gasteiger partial charge in [0.25, 0.3) is 0 Å². The minimum atomic E-state index is -0.518. The van der Waals surface area contributed by atoms with Crippen LogP contribution in [0.15, 0.2) is 235 Å². The van der Waals surface area contributed by atoms with Crippen LogP contribution in [0.4, 0.5) is 0 Å². The lowest BCUT2D eigenvalue weighted by atomic mass is 9.67. The van der Waals surface area contributed by atoms with Crippen LogP contribution in [0.5, 0.6) is 0 Å². The lowest BCUT2D eigenvalue weighted by Gasteiger charge is -2.34. The Balaban J connectivity index is 1.03. The van der Waals surface area contributed by atoms with Crippen LogP contribution in [0, 0.1) is 0 Å². The van der Waals surface area contributed by atoms with Crippen molar-refractivity contribution in [2.75, 3.05) is 0 Å². The molecule has 0 spiro atoms. The number of benzene rings is 9. The van der Waals surface area contributed by atoms with E-state index in [4.69, 9.17) is 14.4 Å². The molecule has 0 amide bonds. The van der Waals surface area contributed by atoms with Gasteiger partial charge in [0.2, 0.25) is 0 Å². The first-order valence-corrected chi connectivity index (χ1v) is 21.1. The van der Waals surface area contributed by atoms with Crippen molar-refractivity contribution in [2.24, 2.45) is 0 Å². The van der Waals surface area contributed by atoms with Crippen LogP contribution in [0.2, 0.25) is 0 Å². The van der Waals surface area contributed by atoms with E-state index in [0.717, 1.165) is 66.7 Å². The molecule has 0 N–H and O–H groups in total. The van der Waals surface area contributed by atoms with Gasteiger partial charge in [-0.15, -0.1) is 0 Å². The van der Waals surface area contributed by atoms with Crippen LogP contribution in [-0.2, 0) is 5.41 Å². The maximum absolute atomic E-state index is 6.24. The maximum Gasteiger partial charge on any atom is 0.160 e. The number of aromatic nitrogens is 2. The van der Waals surface area contributed by atoms with E-state index in [0.29, 0.717) is 5.82 Å². The second kappa shape index (κ2) is 14.5. The van der Waals surface area contributed by atoms with E-state index in [1.54, 1.807) is 0 Å². The van der Waals surface area contributed by atoms with Gasteiger partial charge in [-0.25, -0.2) is 9.97 Å². The summed E-state index contributed by atoms with van der Waals surface area (Å²) in [5.41, 5.74) is 18.1. The molecule has 1 aliphatic rings. The second-order valence-electron chi connectivity index (χ2n) is 16.0. The summed E-state index contributed by atoms with van der Waals surface area (Å²) in [5, 5.41) is 2.24. The summed E-state index contributed by atoms with van der Waals surface area (Å²) in [7, 11) is 0. The van der Waals surface area contributed by atoms with E-state index in [2.05, 4.69) is 206 Å². The van der Waals surface area contributed by atoms with Crippen molar-refractivity contribution >= 4 is 21.9 Å². The molecule has 3 heteroatoms. The van der Waals surface area contributed by atoms with E-state index in [9.17, 15) is 0 Å². The first-order valence-electron chi connectivity index (χ1n) is 21.1. The third-order valence-corrected chi connectivity index (χ3v) is 12.6. The van der Waals surface area contributed by atoms with E-state index >= 15 is 0 Å². The molecule has 12 rings (SSSR count). The van der Waals surface area contributed by atoms with Crippen molar-refractivity contribution in [1.29, 1.82) is 0 Å². The van der Waals surface area contributed by atoms with E-state index < -0.39 is 5.41 Å². The van der Waals surface area contributed by atoms with Crippen molar-refractivity contribution in [1.82, 2.24) is 9.97 Å². The molecule has 1 aliphatic carbocycles. The highest BCUT2D eigenvalue weighted by atomic mass is 16.3. The van der Waals surface area contributed by atoms with Crippen molar-refractivity contribution in [3.63, 3.8) is 0 Å². The molecule has 9 aromatic carbocycles. The molecule has 0 unspecified atom stereocenters. The fraction of sp³-hybridized carbons (Fsp3) is 0.0169. The Morgan fingerprint density at radius 2 is 0.839 bits per heavy atom. The number of rotatable bonds is 7. The molecule has 0 aliphatic heterocycles. The third-order valence-electron chi connectivity index (χ3n) is 12.6. The molecular formula is C59H38N2O. The number of nitrogens with zero attached hydrogens (tertiary/aromatic N) is 2. The summed E-state index contributed by atoms with van der Waals surface area (Å²) in [4.78, 5) is 10.7. The molecule has 0 fully saturated rings. The van der Waals surface area contributed by atoms with Crippen LogP contribution in [0.1, 0.15) is 22.3 Å². The molecule has 290 valence electrons. The summed E-state index contributed by atoms with van der Waals surface area (Å²) >= 11 is 0. The van der Waals surface area contributed by atoms with Gasteiger partial charge in [-0.05, 0) is 79.9 Å². The number of hydrogen-bond acceptors (Lipinski definition) is 3. The second-order valence-corrected chi connectivity index (χ2v) is 16.0. The normalized spacial score (nSPS) is 12.6. The van der Waals surface area contributed by atoms with E-state index in [1.807, 2.05) is 24.3 Å². The maximum atomic E-state index is 6.24. The lowest BCUT2D eigenvalue weighted by Crippen LogP contribution is -2.28. The Labute approximate surface area is 360 Å². The van der Waals surface area contributed by atoms with Crippen molar-refractivity contribution < 1.29 is 4.42 Å². The molecule has 3 nitrogen and oxygen atoms in total. The van der Waals surface area contributed by atoms with Gasteiger partial charge < -0.3 is 4.42 Å². The smallest absolute Gasteiger partial charge is 0.160 e. The standard InChI is InChI=1S/C59H38N2O/c1-4-15-39(16-5-1)40-27-33-43(34-28-40)58-60-53(42-31-29-41(30-32-42)47-23-14-26-56-57(47)50-22-11-13-25-55(50)62-56)38-54(61-58)44-35-36-49-48-21-10-12-24-51(48)59(52(49)37-44,45-17-6-2-7-18-45)46-19-8-3-9-20-46/h1-38H. The molecule has 0 saturated heterocycles. The first kappa shape index (κ1) is 35.8. The zero-order valence-electron chi connectivity index (χ0n) is 33.7. The van der Waals surface area contributed by atoms with Gasteiger partial charge in [0.05, 0.1) is 16.8 Å². The van der Waals surface area contributed by atoms with Gasteiger partial charge in [-0.1, -0.05) is 206 Å². The summed E-state index contributed by atoms with van der Waals surface area (Å²) in [6.07, 6.45) is 0. The molecule has 0 saturated carbocycles. The van der Waals surface area contributed by atoms with Crippen LogP contribution in [0.3, 0.4) is 0 Å². The zero-order chi connectivity index (χ0) is 41.0. The Morgan fingerprint density at radius 1 is 0.323 bits per heavy atom. The Morgan fingerprint density at radius 3 is 1.58 bits per heavy atom. The predicted molar refractivity (Wildman–Crippen MR) is 254 cm³/mol. The predicted octanol–water partition coefficient (Wildman–Crippen LogP) is 15.1. The fourth-order valence-electron chi connectivity index (χ4n) is 9.75. The monoisotopic (exact) mass is 790 g/mol. The van der Waals surface area contributed by atoms with Gasteiger partial charge in [0.1, 0.15) is 11.2 Å². The van der Waals surface area contributed by atoms with E-state index in [1.165, 1.54) is 38.9 Å². The topological polar surface area (TPSA) is 38.9 Å². The molecule has 2 heterocycles. The van der Waals surface area contributed by atoms with Crippen molar-refractivity contribution in [3.8, 4) is 67.3 Å². The average Bonchev–Trinajstić information content (AvgIpc) is 3.89. The summed E-state index contributed by atoms with van der Waals surface area (Å²) in [6.45, 7) is 0. The third kappa shape index (κ3) is 5.74. The van der Waals surface area contributed by atoms with Gasteiger partial charge in [-0.2, -0.15) is 0 Å². The summed E-state index contributed by atoms with van der Waals surface area (Å²) < 4.78 is 6.24. The largest absolute Gasteiger partial charge is 0.456 e. The molecule has 62 heavy (non-hydrogen) atoms. The minimum Gasteiger partial charge on any atom is -0.456 e. The van der Waals surface area contributed by atoms with Crippen LogP contribution in [0.25, 0.3) is 89.2 Å². The van der Waals surface area contributed by atoms with E-state index in [-0.39, 0.29) is 0 Å². The van der Waals surface area contributed by atoms with Crippen molar-refractivity contribution in [3.05, 3.63) is 253 Å². The number of hydrogen-bond donors (Lipinski definition) is 0. The highest BCUT2D eigenvalue weighted by Crippen LogP contribution is 2.56. The average molecular weight is 791 g/mol. The number of fused-ring (bicyclic) bond motifs is 6. The molecule has 0 bridgehead atoms. The van der Waals surface area contributed by atoms with Crippen LogP contribution >= 0.6 is 0 Å². The van der Waals surface area contributed by atoms with Crippen molar-refractivity contribution in [2.45, 2.75) is 5.41 Å². The highest BCUT2D eigenvalue weighted by molar-refractivity contribution is 6.12. The van der Waals surface area contributed by atoms with Gasteiger partial charge >= 0.3 is 0 Å². The quantitative estimate of drug-likeness (QED) is 0.161. The fourth-order valence-corrected chi connectivity index (χ4v) is 9.75. The SMILES string of the molecule is c1ccc(-c2ccc(-c3nc(-c4ccc(-c5cccc6oc7ccccc7c56)cc4)cc(-c4ccc5c(c4)C(c4ccccc4)(c4ccccc4)c4ccccc4-5)n3)cc2)cc1. The first-order chi connectivity index (χ1) is 30.7. The van der Waals surface area contributed by atoms with Gasteiger partial charge in [-0.3, -0.25) is 0 Å². The molecule has 11 aromatic rings. The summed E-state index contributed by atoms with van der Waals surface area (Å²) in [6, 6.07) is 82.2. The molecular weight excluding hydrogens is 753 g/mol. The molecule has 0 atom stereocenters. The van der Waals surface area contributed by atoms with Gasteiger partial charge in [0.15, 0.2) is 5.82 Å². The highest BCUT2D eigenvalue weighted by Gasteiger charge is 2.46. The van der Waals surface area contributed by atoms with Crippen LogP contribution < -0.4 is 0 Å². The van der Waals surface area contributed by atoms with Gasteiger partial charge in [0, 0.05) is 27.5 Å². The number of para-hydroxylation sites is 1. The Bertz CT molecular complexity index is 3390. The van der Waals surface area contributed by atoms with Crippen LogP contribution in [-0.4, -0.2) is 9.97 Å². The lowest BCUT2D eigenvalue weighted by molar-refractivity contribution is 0.669. The molecule has 0 radical (unpaired) electrons. The Hall–Kier alpha value is -8.14. The molecule has 2 aromatic heterocycles. The summed E-state index contributed by atoms with van der Waals surface area (Å²) in [5.74, 6) is 0.678. The number of furan rings is 1. The zero-order valence-corrected chi connectivity index (χ0v) is 33.7. The minimum absolute atomic E-state index is 0.518.